The lowest BCUT2D eigenvalue weighted by atomic mass is 9.95. The van der Waals surface area contributed by atoms with Crippen LogP contribution in [0.4, 0.5) is 5.69 Å². The van der Waals surface area contributed by atoms with Crippen LogP contribution in [0.2, 0.25) is 0 Å². The van der Waals surface area contributed by atoms with Crippen LogP contribution in [0.1, 0.15) is 43.6 Å². The zero-order valence-corrected chi connectivity index (χ0v) is 12.2. The van der Waals surface area contributed by atoms with Gasteiger partial charge in [-0.1, -0.05) is 26.8 Å². The van der Waals surface area contributed by atoms with Gasteiger partial charge < -0.3 is 10.1 Å². The van der Waals surface area contributed by atoms with Crippen LogP contribution in [0.3, 0.4) is 0 Å². The lowest BCUT2D eigenvalue weighted by molar-refractivity contribution is -0.123. The van der Waals surface area contributed by atoms with Crippen molar-refractivity contribution in [2.45, 2.75) is 34.6 Å². The molecule has 0 spiro atoms. The minimum absolute atomic E-state index is 0.0865. The second-order valence-electron chi connectivity index (χ2n) is 5.45. The standard InChI is InChI=1S/C15H21NO3/c1-6-19-13(17)11-8-7-10(2)12(9-11)16-14(18)15(3,4)5/h7-9H,6H2,1-5H3,(H,16,18). The molecule has 4 heteroatoms. The molecule has 0 unspecified atom stereocenters. The van der Waals surface area contributed by atoms with E-state index in [1.54, 1.807) is 25.1 Å². The van der Waals surface area contributed by atoms with Crippen molar-refractivity contribution in [2.75, 3.05) is 11.9 Å². The predicted molar refractivity (Wildman–Crippen MR) is 75.2 cm³/mol. The topological polar surface area (TPSA) is 55.4 Å². The van der Waals surface area contributed by atoms with Gasteiger partial charge in [0.1, 0.15) is 0 Å². The minimum Gasteiger partial charge on any atom is -0.462 e. The van der Waals surface area contributed by atoms with Crippen molar-refractivity contribution in [1.82, 2.24) is 0 Å². The van der Waals surface area contributed by atoms with Gasteiger partial charge in [0.2, 0.25) is 5.91 Å². The van der Waals surface area contributed by atoms with Gasteiger partial charge in [-0.15, -0.1) is 0 Å². The van der Waals surface area contributed by atoms with Crippen LogP contribution >= 0.6 is 0 Å². The van der Waals surface area contributed by atoms with Crippen LogP contribution < -0.4 is 5.32 Å². The fourth-order valence-corrected chi connectivity index (χ4v) is 1.41. The molecule has 0 aromatic heterocycles. The van der Waals surface area contributed by atoms with Crippen LogP contribution in [0.5, 0.6) is 0 Å². The van der Waals surface area contributed by atoms with Crippen LogP contribution in [-0.4, -0.2) is 18.5 Å². The molecule has 0 aliphatic rings. The fourth-order valence-electron chi connectivity index (χ4n) is 1.41. The van der Waals surface area contributed by atoms with E-state index in [2.05, 4.69) is 5.32 Å². The molecule has 0 aliphatic carbocycles. The normalized spacial score (nSPS) is 11.0. The molecule has 0 bridgehead atoms. The van der Waals surface area contributed by atoms with Crippen molar-refractivity contribution in [3.8, 4) is 0 Å². The van der Waals surface area contributed by atoms with Crippen LogP contribution in [0.15, 0.2) is 18.2 Å². The van der Waals surface area contributed by atoms with Crippen molar-refractivity contribution >= 4 is 17.6 Å². The number of hydrogen-bond acceptors (Lipinski definition) is 3. The fraction of sp³-hybridized carbons (Fsp3) is 0.467. The molecule has 0 saturated heterocycles. The summed E-state index contributed by atoms with van der Waals surface area (Å²) < 4.78 is 4.94. The average molecular weight is 263 g/mol. The number of anilines is 1. The molecule has 0 saturated carbocycles. The van der Waals surface area contributed by atoms with E-state index in [1.165, 1.54) is 0 Å². The van der Waals surface area contributed by atoms with Crippen LogP contribution in [0, 0.1) is 12.3 Å². The van der Waals surface area contributed by atoms with E-state index in [9.17, 15) is 9.59 Å². The molecule has 0 fully saturated rings. The van der Waals surface area contributed by atoms with Gasteiger partial charge in [-0.25, -0.2) is 4.79 Å². The van der Waals surface area contributed by atoms with Gasteiger partial charge in [-0.2, -0.15) is 0 Å². The largest absolute Gasteiger partial charge is 0.462 e. The third-order valence-corrected chi connectivity index (χ3v) is 2.68. The summed E-state index contributed by atoms with van der Waals surface area (Å²) in [5.41, 5.74) is 1.51. The number of carbonyl (C=O) groups is 2. The van der Waals surface area contributed by atoms with Crippen molar-refractivity contribution < 1.29 is 14.3 Å². The molecule has 1 N–H and O–H groups in total. The van der Waals surface area contributed by atoms with E-state index in [1.807, 2.05) is 27.7 Å². The number of carbonyl (C=O) groups excluding carboxylic acids is 2. The monoisotopic (exact) mass is 263 g/mol. The number of ether oxygens (including phenoxy) is 1. The molecule has 0 atom stereocenters. The Morgan fingerprint density at radius 3 is 2.42 bits per heavy atom. The number of aryl methyl sites for hydroxylation is 1. The molecule has 19 heavy (non-hydrogen) atoms. The van der Waals surface area contributed by atoms with Crippen molar-refractivity contribution in [1.29, 1.82) is 0 Å². The highest BCUT2D eigenvalue weighted by molar-refractivity contribution is 5.97. The zero-order valence-electron chi connectivity index (χ0n) is 12.2. The molecule has 0 aliphatic heterocycles. The van der Waals surface area contributed by atoms with Crippen LogP contribution in [0.25, 0.3) is 0 Å². The van der Waals surface area contributed by atoms with E-state index in [4.69, 9.17) is 4.74 Å². The van der Waals surface area contributed by atoms with Gasteiger partial charge in [0, 0.05) is 11.1 Å². The number of nitrogens with one attached hydrogen (secondary N) is 1. The molecular formula is C15H21NO3. The molecule has 104 valence electrons. The van der Waals surface area contributed by atoms with E-state index in [-0.39, 0.29) is 11.9 Å². The lowest BCUT2D eigenvalue weighted by Crippen LogP contribution is -2.28. The lowest BCUT2D eigenvalue weighted by Gasteiger charge is -2.19. The molecule has 1 aromatic rings. The van der Waals surface area contributed by atoms with Crippen molar-refractivity contribution in [3.05, 3.63) is 29.3 Å². The highest BCUT2D eigenvalue weighted by Crippen LogP contribution is 2.21. The van der Waals surface area contributed by atoms with Gasteiger partial charge in [0.15, 0.2) is 0 Å². The Balaban J connectivity index is 2.98. The maximum Gasteiger partial charge on any atom is 0.338 e. The van der Waals surface area contributed by atoms with Gasteiger partial charge in [0.05, 0.1) is 12.2 Å². The Morgan fingerprint density at radius 2 is 1.89 bits per heavy atom. The smallest absolute Gasteiger partial charge is 0.338 e. The Bertz CT molecular complexity index is 487. The van der Waals surface area contributed by atoms with Gasteiger partial charge >= 0.3 is 5.97 Å². The predicted octanol–water partition coefficient (Wildman–Crippen LogP) is 3.16. The number of amides is 1. The highest BCUT2D eigenvalue weighted by atomic mass is 16.5. The Labute approximate surface area is 114 Å². The van der Waals surface area contributed by atoms with Gasteiger partial charge in [-0.3, -0.25) is 4.79 Å². The molecule has 1 rings (SSSR count). The van der Waals surface area contributed by atoms with Crippen molar-refractivity contribution in [2.24, 2.45) is 5.41 Å². The summed E-state index contributed by atoms with van der Waals surface area (Å²) in [4.78, 5) is 23.6. The molecular weight excluding hydrogens is 242 g/mol. The molecule has 1 aromatic carbocycles. The quantitative estimate of drug-likeness (QED) is 0.852. The summed E-state index contributed by atoms with van der Waals surface area (Å²) in [6, 6.07) is 5.14. The summed E-state index contributed by atoms with van der Waals surface area (Å²) in [5, 5.41) is 2.84. The first-order valence-electron chi connectivity index (χ1n) is 6.35. The maximum absolute atomic E-state index is 12.0. The minimum atomic E-state index is -0.480. The Morgan fingerprint density at radius 1 is 1.26 bits per heavy atom. The molecule has 0 heterocycles. The summed E-state index contributed by atoms with van der Waals surface area (Å²) >= 11 is 0. The molecule has 0 radical (unpaired) electrons. The van der Waals surface area contributed by atoms with Gasteiger partial charge in [-0.05, 0) is 31.5 Å². The summed E-state index contributed by atoms with van der Waals surface area (Å²) in [6.45, 7) is 9.49. The van der Waals surface area contributed by atoms with E-state index < -0.39 is 5.41 Å². The van der Waals surface area contributed by atoms with Gasteiger partial charge in [0.25, 0.3) is 0 Å². The average Bonchev–Trinajstić information content (AvgIpc) is 2.30. The first-order valence-corrected chi connectivity index (χ1v) is 6.35. The van der Waals surface area contributed by atoms with Crippen molar-refractivity contribution in [3.63, 3.8) is 0 Å². The summed E-state index contributed by atoms with van der Waals surface area (Å²) in [6.07, 6.45) is 0. The molecule has 1 amide bonds. The number of esters is 1. The first kappa shape index (κ1) is 15.2. The summed E-state index contributed by atoms with van der Waals surface area (Å²) in [7, 11) is 0. The van der Waals surface area contributed by atoms with E-state index >= 15 is 0 Å². The highest BCUT2D eigenvalue weighted by Gasteiger charge is 2.22. The van der Waals surface area contributed by atoms with E-state index in [0.717, 1.165) is 5.56 Å². The summed E-state index contributed by atoms with van der Waals surface area (Å²) in [5.74, 6) is -0.467. The van der Waals surface area contributed by atoms with E-state index in [0.29, 0.717) is 17.9 Å². The second-order valence-corrected chi connectivity index (χ2v) is 5.45. The first-order chi connectivity index (χ1) is 8.75. The SMILES string of the molecule is CCOC(=O)c1ccc(C)c(NC(=O)C(C)(C)C)c1. The Kier molecular flexibility index (Phi) is 4.70. The third kappa shape index (κ3) is 4.09. The number of hydrogen-bond donors (Lipinski definition) is 1. The molecule has 4 nitrogen and oxygen atoms in total. The maximum atomic E-state index is 12.0. The Hall–Kier alpha value is -1.84. The number of benzene rings is 1. The van der Waals surface area contributed by atoms with Crippen LogP contribution in [-0.2, 0) is 9.53 Å². The zero-order chi connectivity index (χ0) is 14.6. The number of rotatable bonds is 3. The second kappa shape index (κ2) is 5.87. The third-order valence-electron chi connectivity index (χ3n) is 2.68.